The molecule has 0 amide bonds. The van der Waals surface area contributed by atoms with Crippen LogP contribution in [-0.2, 0) is 4.74 Å². The van der Waals surface area contributed by atoms with Crippen molar-refractivity contribution in [3.63, 3.8) is 0 Å². The van der Waals surface area contributed by atoms with Crippen LogP contribution in [0.3, 0.4) is 0 Å². The summed E-state index contributed by atoms with van der Waals surface area (Å²) in [6.45, 7) is 1.25. The van der Waals surface area contributed by atoms with E-state index in [0.717, 1.165) is 18.9 Å². The van der Waals surface area contributed by atoms with Gasteiger partial charge >= 0.3 is 5.97 Å². The van der Waals surface area contributed by atoms with E-state index in [9.17, 15) is 14.7 Å². The molecule has 1 aromatic carbocycles. The summed E-state index contributed by atoms with van der Waals surface area (Å²) in [5.41, 5.74) is 5.55. The largest absolute Gasteiger partial charge is 0.494 e. The lowest BCUT2D eigenvalue weighted by Gasteiger charge is -2.39. The summed E-state index contributed by atoms with van der Waals surface area (Å²) in [6, 6.07) is 1.18. The number of fused-ring (bicyclic) bond motifs is 2. The predicted octanol–water partition coefficient (Wildman–Crippen LogP) is 1.70. The molecule has 3 fully saturated rings. The van der Waals surface area contributed by atoms with E-state index in [4.69, 9.17) is 15.2 Å². The highest BCUT2D eigenvalue weighted by molar-refractivity contribution is 5.95. The van der Waals surface area contributed by atoms with Crippen molar-refractivity contribution in [1.82, 2.24) is 9.88 Å². The summed E-state index contributed by atoms with van der Waals surface area (Å²) in [5, 5.41) is 12.7. The summed E-state index contributed by atoms with van der Waals surface area (Å²) in [7, 11) is 1.43. The molecule has 1 aromatic heterocycles. The number of carbonyl (C=O) groups is 1. The van der Waals surface area contributed by atoms with Gasteiger partial charge < -0.3 is 30.2 Å². The third kappa shape index (κ3) is 2.84. The Balaban J connectivity index is 1.71. The highest BCUT2D eigenvalue weighted by Gasteiger charge is 2.46. The number of benzene rings is 1. The number of nitrogens with one attached hydrogen (secondary N) is 1. The standard InChI is InChI=1S/C21H24FN3O5/c1-29-19-16(14-4-5-21(23)9-24-7-15(21)30-14)13(22)6-11-17(19)25(10-2-3-10)8-12(18(11)26)20(27)28/h6,8,10,14-15,24H,2-5,7,9,23H2,1H3,(H,27,28). The Morgan fingerprint density at radius 3 is 2.87 bits per heavy atom. The second-order valence-corrected chi connectivity index (χ2v) is 8.53. The highest BCUT2D eigenvalue weighted by Crippen LogP contribution is 2.46. The van der Waals surface area contributed by atoms with Crippen LogP contribution in [0, 0.1) is 5.82 Å². The first-order valence-corrected chi connectivity index (χ1v) is 10.2. The lowest BCUT2D eigenvalue weighted by molar-refractivity contribution is -0.0761. The van der Waals surface area contributed by atoms with Crippen LogP contribution in [0.25, 0.3) is 10.9 Å². The SMILES string of the molecule is COc1c(C2CCC3(N)CNCC3O2)c(F)cc2c(=O)c(C(=O)O)cn(C3CC3)c12. The smallest absolute Gasteiger partial charge is 0.341 e. The van der Waals surface area contributed by atoms with Gasteiger partial charge in [-0.05, 0) is 31.7 Å². The summed E-state index contributed by atoms with van der Waals surface area (Å²) in [5.74, 6) is -1.74. The predicted molar refractivity (Wildman–Crippen MR) is 107 cm³/mol. The van der Waals surface area contributed by atoms with E-state index >= 15 is 4.39 Å². The molecule has 2 aromatic rings. The molecule has 3 unspecified atom stereocenters. The molecular formula is C21H24FN3O5. The van der Waals surface area contributed by atoms with E-state index in [1.54, 1.807) is 4.57 Å². The lowest BCUT2D eigenvalue weighted by atomic mass is 9.84. The molecule has 4 N–H and O–H groups in total. The molecule has 0 spiro atoms. The number of carboxylic acid groups (broad SMARTS) is 1. The molecule has 3 heterocycles. The van der Waals surface area contributed by atoms with Gasteiger partial charge in [0.15, 0.2) is 5.75 Å². The van der Waals surface area contributed by atoms with E-state index in [1.165, 1.54) is 13.3 Å². The van der Waals surface area contributed by atoms with E-state index < -0.39 is 28.9 Å². The molecule has 8 nitrogen and oxygen atoms in total. The first-order valence-electron chi connectivity index (χ1n) is 10.2. The Kier molecular flexibility index (Phi) is 4.39. The molecular weight excluding hydrogens is 393 g/mol. The Bertz CT molecular complexity index is 1110. The fraction of sp³-hybridized carbons (Fsp3) is 0.524. The monoisotopic (exact) mass is 417 g/mol. The number of carboxylic acids is 1. The van der Waals surface area contributed by atoms with Crippen LogP contribution in [0.5, 0.6) is 5.75 Å². The summed E-state index contributed by atoms with van der Waals surface area (Å²) in [6.07, 6.45) is 3.45. The average Bonchev–Trinajstić information content (AvgIpc) is 3.48. The third-order valence-electron chi connectivity index (χ3n) is 6.58. The second kappa shape index (κ2) is 6.76. The number of pyridine rings is 1. The van der Waals surface area contributed by atoms with E-state index in [-0.39, 0.29) is 34.4 Å². The van der Waals surface area contributed by atoms with Gasteiger partial charge in [0.05, 0.1) is 41.3 Å². The van der Waals surface area contributed by atoms with Crippen molar-refractivity contribution in [2.75, 3.05) is 20.2 Å². The number of aromatic nitrogens is 1. The van der Waals surface area contributed by atoms with Crippen molar-refractivity contribution in [3.05, 3.63) is 39.4 Å². The van der Waals surface area contributed by atoms with E-state index in [1.807, 2.05) is 0 Å². The third-order valence-corrected chi connectivity index (χ3v) is 6.58. The van der Waals surface area contributed by atoms with Crippen LogP contribution in [0.4, 0.5) is 4.39 Å². The quantitative estimate of drug-likeness (QED) is 0.693. The maximum absolute atomic E-state index is 15.3. The number of aromatic carboxylic acids is 1. The van der Waals surface area contributed by atoms with Crippen molar-refractivity contribution >= 4 is 16.9 Å². The maximum Gasteiger partial charge on any atom is 0.341 e. The van der Waals surface area contributed by atoms with Gasteiger partial charge in [0.2, 0.25) is 5.43 Å². The second-order valence-electron chi connectivity index (χ2n) is 8.53. The average molecular weight is 417 g/mol. The van der Waals surface area contributed by atoms with Gasteiger partial charge in [-0.25, -0.2) is 9.18 Å². The van der Waals surface area contributed by atoms with Crippen molar-refractivity contribution in [1.29, 1.82) is 0 Å². The van der Waals surface area contributed by atoms with Crippen LogP contribution in [0.15, 0.2) is 17.1 Å². The minimum Gasteiger partial charge on any atom is -0.494 e. The summed E-state index contributed by atoms with van der Waals surface area (Å²) < 4.78 is 28.9. The van der Waals surface area contributed by atoms with Crippen LogP contribution < -0.4 is 21.2 Å². The molecule has 1 saturated carbocycles. The Morgan fingerprint density at radius 2 is 2.20 bits per heavy atom. The van der Waals surface area contributed by atoms with Crippen molar-refractivity contribution in [2.45, 2.75) is 49.5 Å². The van der Waals surface area contributed by atoms with Crippen LogP contribution in [0.1, 0.15) is 53.8 Å². The zero-order valence-electron chi connectivity index (χ0n) is 16.6. The first kappa shape index (κ1) is 19.5. The normalized spacial score (nSPS) is 28.5. The number of methoxy groups -OCH3 is 1. The number of rotatable bonds is 4. The van der Waals surface area contributed by atoms with Gasteiger partial charge in [-0.15, -0.1) is 0 Å². The van der Waals surface area contributed by atoms with Gasteiger partial charge in [-0.3, -0.25) is 4.79 Å². The van der Waals surface area contributed by atoms with Crippen molar-refractivity contribution < 1.29 is 23.8 Å². The van der Waals surface area contributed by atoms with Crippen LogP contribution in [-0.4, -0.2) is 47.5 Å². The van der Waals surface area contributed by atoms with Gasteiger partial charge in [-0.2, -0.15) is 0 Å². The molecule has 2 saturated heterocycles. The maximum atomic E-state index is 15.3. The molecule has 160 valence electrons. The molecule has 1 aliphatic carbocycles. The molecule has 0 bridgehead atoms. The molecule has 5 rings (SSSR count). The van der Waals surface area contributed by atoms with Crippen LogP contribution in [0.2, 0.25) is 0 Å². The molecule has 3 atom stereocenters. The van der Waals surface area contributed by atoms with Crippen LogP contribution >= 0.6 is 0 Å². The van der Waals surface area contributed by atoms with Crippen molar-refractivity contribution in [3.8, 4) is 5.75 Å². The van der Waals surface area contributed by atoms with E-state index in [2.05, 4.69) is 5.32 Å². The minimum absolute atomic E-state index is 0.00594. The van der Waals surface area contributed by atoms with E-state index in [0.29, 0.717) is 31.4 Å². The van der Waals surface area contributed by atoms with Crippen molar-refractivity contribution in [2.24, 2.45) is 5.73 Å². The lowest BCUT2D eigenvalue weighted by Crippen LogP contribution is -2.54. The topological polar surface area (TPSA) is 116 Å². The highest BCUT2D eigenvalue weighted by atomic mass is 19.1. The first-order chi connectivity index (χ1) is 14.3. The number of hydrogen-bond acceptors (Lipinski definition) is 6. The molecule has 30 heavy (non-hydrogen) atoms. The fourth-order valence-corrected chi connectivity index (χ4v) is 4.83. The zero-order valence-corrected chi connectivity index (χ0v) is 16.6. The van der Waals surface area contributed by atoms with Gasteiger partial charge in [0.1, 0.15) is 11.4 Å². The van der Waals surface area contributed by atoms with Gasteiger partial charge in [0.25, 0.3) is 0 Å². The summed E-state index contributed by atoms with van der Waals surface area (Å²) in [4.78, 5) is 24.4. The molecule has 0 radical (unpaired) electrons. The Morgan fingerprint density at radius 1 is 1.43 bits per heavy atom. The number of nitrogens with two attached hydrogens (primary N) is 1. The number of ether oxygens (including phenoxy) is 2. The molecule has 2 aliphatic heterocycles. The number of nitrogens with zero attached hydrogens (tertiary/aromatic N) is 1. The molecule has 3 aliphatic rings. The number of hydrogen-bond donors (Lipinski definition) is 3. The Hall–Kier alpha value is -2.49. The Labute approximate surface area is 171 Å². The zero-order chi connectivity index (χ0) is 21.2. The summed E-state index contributed by atoms with van der Waals surface area (Å²) >= 11 is 0. The molecule has 9 heteroatoms. The minimum atomic E-state index is -1.33. The van der Waals surface area contributed by atoms with Gasteiger partial charge in [-0.1, -0.05) is 0 Å². The number of halogens is 1. The van der Waals surface area contributed by atoms with Gasteiger partial charge in [0, 0.05) is 25.3 Å². The fourth-order valence-electron chi connectivity index (χ4n) is 4.83.